The third-order valence-corrected chi connectivity index (χ3v) is 3.51. The normalized spacial score (nSPS) is 9.38. The summed E-state index contributed by atoms with van der Waals surface area (Å²) in [4.78, 5) is 1.35. The summed E-state index contributed by atoms with van der Waals surface area (Å²) in [5.74, 6) is 5.90. The Morgan fingerprint density at radius 3 is 3.08 bits per heavy atom. The third kappa shape index (κ3) is 3.95. The van der Waals surface area contributed by atoms with Crippen molar-refractivity contribution in [3.8, 4) is 11.8 Å². The predicted molar refractivity (Wildman–Crippen MR) is 61.8 cm³/mol. The maximum atomic E-state index is 3.49. The Labute approximate surface area is 91.7 Å². The fraction of sp³-hybridized carbons (Fsp3) is 0.400. The van der Waals surface area contributed by atoms with Crippen LogP contribution in [0.1, 0.15) is 18.2 Å². The summed E-state index contributed by atoms with van der Waals surface area (Å²) in [5, 5.41) is 5.43. The van der Waals surface area contributed by atoms with Gasteiger partial charge in [0.05, 0.1) is 0 Å². The van der Waals surface area contributed by atoms with Gasteiger partial charge in [-0.1, -0.05) is 0 Å². The minimum atomic E-state index is 0.930. The monoisotopic (exact) mass is 257 g/mol. The standard InChI is InChI=1S/C10H12BrNS/c1-2-3-4-6-12-8-10-9(11)5-7-13-10/h5,7,12H,4,6,8H2,1H3. The number of hydrogen-bond donors (Lipinski definition) is 1. The molecule has 0 atom stereocenters. The highest BCUT2D eigenvalue weighted by Gasteiger charge is 1.98. The van der Waals surface area contributed by atoms with Crippen LogP contribution in [0.3, 0.4) is 0 Å². The highest BCUT2D eigenvalue weighted by Crippen LogP contribution is 2.21. The van der Waals surface area contributed by atoms with E-state index in [0.717, 1.165) is 19.5 Å². The molecule has 1 aromatic rings. The van der Waals surface area contributed by atoms with Crippen LogP contribution in [0.4, 0.5) is 0 Å². The molecule has 0 aromatic carbocycles. The minimum Gasteiger partial charge on any atom is -0.311 e. The summed E-state index contributed by atoms with van der Waals surface area (Å²) in [6.07, 6.45) is 0.930. The van der Waals surface area contributed by atoms with Gasteiger partial charge in [-0.3, -0.25) is 0 Å². The van der Waals surface area contributed by atoms with E-state index in [0.29, 0.717) is 0 Å². The molecule has 0 saturated carbocycles. The molecule has 1 nitrogen and oxygen atoms in total. The zero-order valence-electron chi connectivity index (χ0n) is 7.56. The molecule has 70 valence electrons. The highest BCUT2D eigenvalue weighted by atomic mass is 79.9. The molecular weight excluding hydrogens is 246 g/mol. The molecule has 0 aliphatic carbocycles. The van der Waals surface area contributed by atoms with Crippen LogP contribution in [0.25, 0.3) is 0 Å². The van der Waals surface area contributed by atoms with Crippen molar-refractivity contribution in [2.45, 2.75) is 19.9 Å². The van der Waals surface area contributed by atoms with Crippen molar-refractivity contribution in [3.63, 3.8) is 0 Å². The average molecular weight is 258 g/mol. The number of hydrogen-bond acceptors (Lipinski definition) is 2. The zero-order valence-corrected chi connectivity index (χ0v) is 9.96. The summed E-state index contributed by atoms with van der Waals surface area (Å²) < 4.78 is 1.20. The average Bonchev–Trinajstić information content (AvgIpc) is 2.52. The van der Waals surface area contributed by atoms with Crippen molar-refractivity contribution in [1.29, 1.82) is 0 Å². The molecule has 1 N–H and O–H groups in total. The highest BCUT2D eigenvalue weighted by molar-refractivity contribution is 9.10. The van der Waals surface area contributed by atoms with E-state index < -0.39 is 0 Å². The zero-order chi connectivity index (χ0) is 9.52. The summed E-state index contributed by atoms with van der Waals surface area (Å²) >= 11 is 5.26. The van der Waals surface area contributed by atoms with Gasteiger partial charge in [0.15, 0.2) is 0 Å². The quantitative estimate of drug-likeness (QED) is 0.646. The van der Waals surface area contributed by atoms with Gasteiger partial charge in [0.25, 0.3) is 0 Å². The maximum absolute atomic E-state index is 3.49. The molecule has 1 heterocycles. The fourth-order valence-corrected chi connectivity index (χ4v) is 2.39. The van der Waals surface area contributed by atoms with Crippen molar-refractivity contribution in [2.24, 2.45) is 0 Å². The van der Waals surface area contributed by atoms with E-state index in [-0.39, 0.29) is 0 Å². The first-order valence-corrected chi connectivity index (χ1v) is 5.84. The van der Waals surface area contributed by atoms with Crippen molar-refractivity contribution < 1.29 is 0 Å². The molecule has 0 bridgehead atoms. The van der Waals surface area contributed by atoms with Gasteiger partial charge in [-0.05, 0) is 34.3 Å². The summed E-state index contributed by atoms with van der Waals surface area (Å²) in [5.41, 5.74) is 0. The molecule has 3 heteroatoms. The minimum absolute atomic E-state index is 0.930. The van der Waals surface area contributed by atoms with E-state index in [4.69, 9.17) is 0 Å². The van der Waals surface area contributed by atoms with Gasteiger partial charge in [-0.25, -0.2) is 0 Å². The van der Waals surface area contributed by atoms with E-state index in [9.17, 15) is 0 Å². The SMILES string of the molecule is CC#CCCNCc1sccc1Br. The van der Waals surface area contributed by atoms with Crippen LogP contribution < -0.4 is 5.32 Å². The van der Waals surface area contributed by atoms with Crippen LogP contribution >= 0.6 is 27.3 Å². The Morgan fingerprint density at radius 2 is 2.46 bits per heavy atom. The molecule has 0 aliphatic heterocycles. The Kier molecular flexibility index (Phi) is 5.14. The molecule has 0 spiro atoms. The molecule has 0 fully saturated rings. The van der Waals surface area contributed by atoms with Gasteiger partial charge >= 0.3 is 0 Å². The van der Waals surface area contributed by atoms with E-state index in [1.165, 1.54) is 9.35 Å². The first-order chi connectivity index (χ1) is 6.34. The number of rotatable bonds is 4. The van der Waals surface area contributed by atoms with Crippen molar-refractivity contribution >= 4 is 27.3 Å². The summed E-state index contributed by atoms with van der Waals surface area (Å²) in [6, 6.07) is 2.08. The van der Waals surface area contributed by atoms with Crippen LogP contribution in [-0.2, 0) is 6.54 Å². The lowest BCUT2D eigenvalue weighted by molar-refractivity contribution is 0.707. The van der Waals surface area contributed by atoms with E-state index in [1.54, 1.807) is 11.3 Å². The van der Waals surface area contributed by atoms with E-state index in [2.05, 4.69) is 44.5 Å². The van der Waals surface area contributed by atoms with E-state index >= 15 is 0 Å². The molecule has 0 unspecified atom stereocenters. The topological polar surface area (TPSA) is 12.0 Å². The Balaban J connectivity index is 2.19. The Bertz CT molecular complexity index is 308. The van der Waals surface area contributed by atoms with Gasteiger partial charge in [0.2, 0.25) is 0 Å². The second-order valence-corrected chi connectivity index (χ2v) is 4.40. The van der Waals surface area contributed by atoms with Crippen molar-refractivity contribution in [3.05, 3.63) is 20.8 Å². The Hall–Kier alpha value is -0.300. The second kappa shape index (κ2) is 6.20. The maximum Gasteiger partial charge on any atom is 0.0327 e. The number of nitrogens with one attached hydrogen (secondary N) is 1. The van der Waals surface area contributed by atoms with Gasteiger partial charge in [-0.2, -0.15) is 0 Å². The van der Waals surface area contributed by atoms with Crippen LogP contribution in [0.2, 0.25) is 0 Å². The molecule has 1 aromatic heterocycles. The lowest BCUT2D eigenvalue weighted by Gasteiger charge is -1.99. The predicted octanol–water partition coefficient (Wildman–Crippen LogP) is 3.01. The van der Waals surface area contributed by atoms with Crippen LogP contribution in [0.5, 0.6) is 0 Å². The summed E-state index contributed by atoms with van der Waals surface area (Å²) in [7, 11) is 0. The Morgan fingerprint density at radius 1 is 1.62 bits per heavy atom. The molecule has 1 rings (SSSR count). The molecule has 0 aliphatic rings. The molecule has 0 radical (unpaired) electrons. The van der Waals surface area contributed by atoms with Crippen LogP contribution in [-0.4, -0.2) is 6.54 Å². The molecule has 0 amide bonds. The van der Waals surface area contributed by atoms with Gasteiger partial charge in [-0.15, -0.1) is 23.2 Å². The first-order valence-electron chi connectivity index (χ1n) is 4.17. The molecule has 0 saturated heterocycles. The molecule has 13 heavy (non-hydrogen) atoms. The fourth-order valence-electron chi connectivity index (χ4n) is 0.929. The lowest BCUT2D eigenvalue weighted by atomic mass is 10.4. The molecular formula is C10H12BrNS. The van der Waals surface area contributed by atoms with Gasteiger partial charge in [0, 0.05) is 28.9 Å². The third-order valence-electron chi connectivity index (χ3n) is 1.58. The second-order valence-electron chi connectivity index (χ2n) is 2.55. The largest absolute Gasteiger partial charge is 0.311 e. The summed E-state index contributed by atoms with van der Waals surface area (Å²) in [6.45, 7) is 3.77. The lowest BCUT2D eigenvalue weighted by Crippen LogP contribution is -2.13. The van der Waals surface area contributed by atoms with Crippen LogP contribution in [0.15, 0.2) is 15.9 Å². The number of thiophene rings is 1. The van der Waals surface area contributed by atoms with Crippen molar-refractivity contribution in [1.82, 2.24) is 5.32 Å². The smallest absolute Gasteiger partial charge is 0.0327 e. The van der Waals surface area contributed by atoms with E-state index in [1.807, 2.05) is 6.92 Å². The first kappa shape index (κ1) is 10.8. The number of halogens is 1. The van der Waals surface area contributed by atoms with Gasteiger partial charge in [0.1, 0.15) is 0 Å². The van der Waals surface area contributed by atoms with Crippen molar-refractivity contribution in [2.75, 3.05) is 6.54 Å². The van der Waals surface area contributed by atoms with Gasteiger partial charge < -0.3 is 5.32 Å². The van der Waals surface area contributed by atoms with Crippen LogP contribution in [0, 0.1) is 11.8 Å².